The van der Waals surface area contributed by atoms with Crippen molar-refractivity contribution < 1.29 is 18.0 Å². The van der Waals surface area contributed by atoms with Gasteiger partial charge in [-0.15, -0.1) is 0 Å². The summed E-state index contributed by atoms with van der Waals surface area (Å²) >= 11 is 2.91. The van der Waals surface area contributed by atoms with Gasteiger partial charge in [-0.25, -0.2) is 4.98 Å². The monoisotopic (exact) mass is 429 g/mol. The van der Waals surface area contributed by atoms with Crippen molar-refractivity contribution in [3.8, 4) is 0 Å². The Bertz CT molecular complexity index is 976. The van der Waals surface area contributed by atoms with Crippen LogP contribution in [0.25, 0.3) is 11.0 Å². The van der Waals surface area contributed by atoms with Gasteiger partial charge in [0.1, 0.15) is 0 Å². The standard InChI is InChI=1S/C16H15BrF3N5O/c1-9-13(17)14(16(18,19)20)23-25(9)8-7-12(26)22-15-21-10-5-3-4-6-11(10)24(15)2/h3-6H,7-8H2,1-2H3,(H,21,22,26). The summed E-state index contributed by atoms with van der Waals surface area (Å²) in [5.74, 6) is 0.0218. The zero-order valence-corrected chi connectivity index (χ0v) is 15.5. The fourth-order valence-electron chi connectivity index (χ4n) is 2.58. The highest BCUT2D eigenvalue weighted by Crippen LogP contribution is 2.35. The predicted molar refractivity (Wildman–Crippen MR) is 93.6 cm³/mol. The van der Waals surface area contributed by atoms with Crippen LogP contribution >= 0.6 is 15.9 Å². The van der Waals surface area contributed by atoms with Crippen LogP contribution < -0.4 is 5.32 Å². The SMILES string of the molecule is Cc1c(Br)c(C(F)(F)F)nn1CCC(=O)Nc1nc2ccccc2n1C. The normalized spacial score (nSPS) is 11.9. The third kappa shape index (κ3) is 3.46. The molecule has 1 amide bonds. The molecule has 138 valence electrons. The van der Waals surface area contributed by atoms with Gasteiger partial charge in [0.2, 0.25) is 11.9 Å². The lowest BCUT2D eigenvalue weighted by Crippen LogP contribution is -2.18. The van der Waals surface area contributed by atoms with Crippen LogP contribution in [0, 0.1) is 6.92 Å². The van der Waals surface area contributed by atoms with E-state index in [1.807, 2.05) is 24.3 Å². The molecule has 0 aliphatic rings. The topological polar surface area (TPSA) is 64.7 Å². The summed E-state index contributed by atoms with van der Waals surface area (Å²) in [6.45, 7) is 1.53. The van der Waals surface area contributed by atoms with E-state index in [-0.39, 0.29) is 23.3 Å². The number of alkyl halides is 3. The first-order chi connectivity index (χ1) is 12.2. The summed E-state index contributed by atoms with van der Waals surface area (Å²) in [6, 6.07) is 7.42. The van der Waals surface area contributed by atoms with Crippen LogP contribution in [0.3, 0.4) is 0 Å². The number of para-hydroxylation sites is 2. The van der Waals surface area contributed by atoms with E-state index in [1.54, 1.807) is 11.6 Å². The molecule has 0 spiro atoms. The number of carbonyl (C=O) groups is 1. The number of hydrogen-bond donors (Lipinski definition) is 1. The molecule has 10 heteroatoms. The van der Waals surface area contributed by atoms with Gasteiger partial charge in [-0.05, 0) is 35.0 Å². The molecule has 3 aromatic rings. The van der Waals surface area contributed by atoms with Crippen molar-refractivity contribution in [2.24, 2.45) is 7.05 Å². The number of aromatic nitrogens is 4. The number of nitrogens with zero attached hydrogens (tertiary/aromatic N) is 4. The molecular weight excluding hydrogens is 415 g/mol. The molecule has 0 saturated carbocycles. The van der Waals surface area contributed by atoms with Crippen LogP contribution in [-0.2, 0) is 24.6 Å². The van der Waals surface area contributed by atoms with Gasteiger partial charge in [-0.2, -0.15) is 18.3 Å². The lowest BCUT2D eigenvalue weighted by atomic mass is 10.3. The molecule has 0 aliphatic heterocycles. The maximum absolute atomic E-state index is 12.9. The number of imidazole rings is 1. The maximum atomic E-state index is 12.9. The Hall–Kier alpha value is -2.36. The minimum atomic E-state index is -4.55. The molecule has 3 rings (SSSR count). The quantitative estimate of drug-likeness (QED) is 0.683. The number of nitrogens with one attached hydrogen (secondary N) is 1. The van der Waals surface area contributed by atoms with Crippen LogP contribution in [0.4, 0.5) is 19.1 Å². The summed E-state index contributed by atoms with van der Waals surface area (Å²) in [4.78, 5) is 16.5. The fraction of sp³-hybridized carbons (Fsp3) is 0.312. The number of anilines is 1. The molecule has 0 bridgehead atoms. The van der Waals surface area contributed by atoms with E-state index in [0.717, 1.165) is 11.0 Å². The summed E-state index contributed by atoms with van der Waals surface area (Å²) in [6.07, 6.45) is -4.58. The number of aryl methyl sites for hydroxylation is 2. The van der Waals surface area contributed by atoms with Crippen LogP contribution in [0.1, 0.15) is 17.8 Å². The molecule has 0 fully saturated rings. The van der Waals surface area contributed by atoms with Crippen molar-refractivity contribution >= 4 is 38.8 Å². The van der Waals surface area contributed by atoms with Crippen molar-refractivity contribution in [2.45, 2.75) is 26.1 Å². The molecule has 2 aromatic heterocycles. The summed E-state index contributed by atoms with van der Waals surface area (Å²) in [5.41, 5.74) is 0.926. The molecule has 0 atom stereocenters. The lowest BCUT2D eigenvalue weighted by Gasteiger charge is -2.06. The van der Waals surface area contributed by atoms with Crippen molar-refractivity contribution in [1.29, 1.82) is 0 Å². The van der Waals surface area contributed by atoms with E-state index in [0.29, 0.717) is 11.6 Å². The maximum Gasteiger partial charge on any atom is 0.436 e. The minimum absolute atomic E-state index is 0.0241. The third-order valence-corrected chi connectivity index (χ3v) is 4.94. The molecule has 1 aromatic carbocycles. The van der Waals surface area contributed by atoms with Crippen LogP contribution in [0.15, 0.2) is 28.7 Å². The van der Waals surface area contributed by atoms with E-state index >= 15 is 0 Å². The highest BCUT2D eigenvalue weighted by Gasteiger charge is 2.37. The molecule has 0 unspecified atom stereocenters. The summed E-state index contributed by atoms with van der Waals surface area (Å²) in [5, 5.41) is 6.23. The average Bonchev–Trinajstić information content (AvgIpc) is 3.04. The molecular formula is C16H15BrF3N5O. The Morgan fingerprint density at radius 3 is 2.62 bits per heavy atom. The van der Waals surface area contributed by atoms with Gasteiger partial charge < -0.3 is 4.57 Å². The van der Waals surface area contributed by atoms with Crippen molar-refractivity contribution in [3.05, 3.63) is 40.1 Å². The zero-order chi connectivity index (χ0) is 19.1. The van der Waals surface area contributed by atoms with E-state index in [2.05, 4.69) is 31.3 Å². The number of hydrogen-bond acceptors (Lipinski definition) is 3. The predicted octanol–water partition coefficient (Wildman–Crippen LogP) is 3.89. The van der Waals surface area contributed by atoms with E-state index in [4.69, 9.17) is 0 Å². The van der Waals surface area contributed by atoms with Gasteiger partial charge in [0.15, 0.2) is 5.69 Å². The first-order valence-corrected chi connectivity index (χ1v) is 8.49. The van der Waals surface area contributed by atoms with E-state index < -0.39 is 11.9 Å². The smallest absolute Gasteiger partial charge is 0.313 e. The van der Waals surface area contributed by atoms with Crippen molar-refractivity contribution in [2.75, 3.05) is 5.32 Å². The minimum Gasteiger partial charge on any atom is -0.313 e. The van der Waals surface area contributed by atoms with Gasteiger partial charge in [0.05, 0.1) is 27.7 Å². The van der Waals surface area contributed by atoms with Gasteiger partial charge in [-0.3, -0.25) is 14.8 Å². The fourth-order valence-corrected chi connectivity index (χ4v) is 3.08. The second kappa shape index (κ2) is 6.75. The number of benzene rings is 1. The van der Waals surface area contributed by atoms with Crippen molar-refractivity contribution in [3.63, 3.8) is 0 Å². The largest absolute Gasteiger partial charge is 0.436 e. The highest BCUT2D eigenvalue weighted by atomic mass is 79.9. The highest BCUT2D eigenvalue weighted by molar-refractivity contribution is 9.10. The second-order valence-corrected chi connectivity index (χ2v) is 6.54. The molecule has 6 nitrogen and oxygen atoms in total. The Morgan fingerprint density at radius 1 is 1.31 bits per heavy atom. The summed E-state index contributed by atoms with van der Waals surface area (Å²) < 4.78 is 41.4. The molecule has 0 radical (unpaired) electrons. The van der Waals surface area contributed by atoms with Crippen LogP contribution in [0.2, 0.25) is 0 Å². The van der Waals surface area contributed by atoms with Gasteiger partial charge in [0.25, 0.3) is 0 Å². The number of amides is 1. The van der Waals surface area contributed by atoms with Gasteiger partial charge in [0, 0.05) is 13.5 Å². The van der Waals surface area contributed by atoms with Crippen LogP contribution in [-0.4, -0.2) is 25.2 Å². The average molecular weight is 430 g/mol. The first kappa shape index (κ1) is 18.4. The summed E-state index contributed by atoms with van der Waals surface area (Å²) in [7, 11) is 1.77. The molecule has 1 N–H and O–H groups in total. The number of fused-ring (bicyclic) bond motifs is 1. The molecule has 0 aliphatic carbocycles. The van der Waals surface area contributed by atoms with Gasteiger partial charge >= 0.3 is 6.18 Å². The molecule has 26 heavy (non-hydrogen) atoms. The Morgan fingerprint density at radius 2 is 2.00 bits per heavy atom. The van der Waals surface area contributed by atoms with Crippen molar-refractivity contribution in [1.82, 2.24) is 19.3 Å². The third-order valence-electron chi connectivity index (χ3n) is 3.99. The van der Waals surface area contributed by atoms with Crippen LogP contribution in [0.5, 0.6) is 0 Å². The number of carbonyl (C=O) groups excluding carboxylic acids is 1. The van der Waals surface area contributed by atoms with E-state index in [1.165, 1.54) is 11.6 Å². The Labute approximate surface area is 155 Å². The number of rotatable bonds is 4. The van der Waals surface area contributed by atoms with Gasteiger partial charge in [-0.1, -0.05) is 12.1 Å². The second-order valence-electron chi connectivity index (χ2n) is 5.75. The number of halogens is 4. The van der Waals surface area contributed by atoms with E-state index in [9.17, 15) is 18.0 Å². The first-order valence-electron chi connectivity index (χ1n) is 7.70. The molecule has 0 saturated heterocycles. The molecule has 2 heterocycles. The zero-order valence-electron chi connectivity index (χ0n) is 13.9. The lowest BCUT2D eigenvalue weighted by molar-refractivity contribution is -0.142. The Kier molecular flexibility index (Phi) is 4.78. The Balaban J connectivity index is 1.70.